The molecule has 0 aromatic heterocycles. The predicted molar refractivity (Wildman–Crippen MR) is 94.8 cm³/mol. The van der Waals surface area contributed by atoms with E-state index in [0.717, 1.165) is 25.7 Å². The zero-order valence-corrected chi connectivity index (χ0v) is 14.5. The molecule has 0 aliphatic heterocycles. The molecule has 0 unspecified atom stereocenters. The lowest BCUT2D eigenvalue weighted by Gasteiger charge is -2.03. The molecule has 0 saturated heterocycles. The number of allylic oxidation sites excluding steroid dienone is 2. The average Bonchev–Trinajstić information content (AvgIpc) is 2.50. The molecular formula is C19H35NO2. The number of carbonyl (C=O) groups is 1. The highest BCUT2D eigenvalue weighted by Crippen LogP contribution is 2.05. The average molecular weight is 309 g/mol. The number of amides is 1. The van der Waals surface area contributed by atoms with Crippen molar-refractivity contribution in [1.29, 1.82) is 0 Å². The second-order valence-electron chi connectivity index (χ2n) is 5.84. The van der Waals surface area contributed by atoms with Crippen molar-refractivity contribution >= 4 is 5.91 Å². The van der Waals surface area contributed by atoms with Crippen molar-refractivity contribution in [3.05, 3.63) is 24.3 Å². The lowest BCUT2D eigenvalue weighted by atomic mass is 10.1. The fourth-order valence-electron chi connectivity index (χ4n) is 2.19. The number of hydrogen-bond acceptors (Lipinski definition) is 2. The Morgan fingerprint density at radius 3 is 2.41 bits per heavy atom. The van der Waals surface area contributed by atoms with Gasteiger partial charge in [0.2, 0.25) is 5.91 Å². The molecule has 0 rings (SSSR count). The third-order valence-corrected chi connectivity index (χ3v) is 3.61. The molecule has 0 radical (unpaired) electrons. The van der Waals surface area contributed by atoms with Gasteiger partial charge >= 0.3 is 0 Å². The molecule has 0 fully saturated rings. The van der Waals surface area contributed by atoms with Gasteiger partial charge in [0.25, 0.3) is 0 Å². The maximum absolute atomic E-state index is 11.6. The number of aliphatic hydroxyl groups is 1. The first-order valence-corrected chi connectivity index (χ1v) is 8.98. The highest BCUT2D eigenvalue weighted by atomic mass is 16.3. The summed E-state index contributed by atoms with van der Waals surface area (Å²) in [6, 6.07) is 0. The van der Waals surface area contributed by atoms with Gasteiger partial charge in [-0.1, -0.05) is 83.1 Å². The fourth-order valence-corrected chi connectivity index (χ4v) is 2.19. The van der Waals surface area contributed by atoms with E-state index in [0.29, 0.717) is 13.0 Å². The minimum absolute atomic E-state index is 0.129. The van der Waals surface area contributed by atoms with Gasteiger partial charge in [-0.25, -0.2) is 0 Å². The summed E-state index contributed by atoms with van der Waals surface area (Å²) in [5, 5.41) is 12.6. The van der Waals surface area contributed by atoms with E-state index in [1.165, 1.54) is 32.1 Å². The zero-order valence-electron chi connectivity index (χ0n) is 14.5. The van der Waals surface area contributed by atoms with Gasteiger partial charge < -0.3 is 10.4 Å². The molecule has 0 bridgehead atoms. The SMILES string of the molecule is CCCCCCCC(=O)NC/C=C\C=C\[C@@H](O)CCCCC. The van der Waals surface area contributed by atoms with Crippen LogP contribution in [0.2, 0.25) is 0 Å². The van der Waals surface area contributed by atoms with Crippen molar-refractivity contribution < 1.29 is 9.90 Å². The molecule has 0 aromatic carbocycles. The Labute approximate surface area is 136 Å². The Morgan fingerprint density at radius 2 is 1.68 bits per heavy atom. The van der Waals surface area contributed by atoms with Crippen LogP contribution in [0.4, 0.5) is 0 Å². The fraction of sp³-hybridized carbons (Fsp3) is 0.737. The second-order valence-corrected chi connectivity index (χ2v) is 5.84. The monoisotopic (exact) mass is 309 g/mol. The first kappa shape index (κ1) is 20.9. The molecule has 0 saturated carbocycles. The van der Waals surface area contributed by atoms with E-state index in [9.17, 15) is 9.90 Å². The molecular weight excluding hydrogens is 274 g/mol. The Bertz CT molecular complexity index is 311. The van der Waals surface area contributed by atoms with E-state index >= 15 is 0 Å². The number of hydrogen-bond donors (Lipinski definition) is 2. The summed E-state index contributed by atoms with van der Waals surface area (Å²) < 4.78 is 0. The van der Waals surface area contributed by atoms with Crippen molar-refractivity contribution in [3.63, 3.8) is 0 Å². The third kappa shape index (κ3) is 15.3. The third-order valence-electron chi connectivity index (χ3n) is 3.61. The summed E-state index contributed by atoms with van der Waals surface area (Å²) in [5.74, 6) is 0.129. The number of rotatable bonds is 14. The number of carbonyl (C=O) groups excluding carboxylic acids is 1. The van der Waals surface area contributed by atoms with Crippen LogP contribution < -0.4 is 5.32 Å². The molecule has 128 valence electrons. The van der Waals surface area contributed by atoms with Gasteiger partial charge in [0, 0.05) is 13.0 Å². The molecule has 22 heavy (non-hydrogen) atoms. The standard InChI is InChI=1S/C19H35NO2/c1-3-5-7-8-12-16-19(22)20-17-13-9-11-15-18(21)14-10-6-4-2/h9,11,13,15,18,21H,3-8,10,12,14,16-17H2,1-2H3,(H,20,22)/b13-9-,15-11+/t18-/m0/s1. The van der Waals surface area contributed by atoms with Crippen LogP contribution in [0.5, 0.6) is 0 Å². The van der Waals surface area contributed by atoms with Crippen molar-refractivity contribution in [1.82, 2.24) is 5.32 Å². The first-order valence-electron chi connectivity index (χ1n) is 8.98. The van der Waals surface area contributed by atoms with Crippen LogP contribution in [-0.2, 0) is 4.79 Å². The van der Waals surface area contributed by atoms with Crippen LogP contribution in [0.3, 0.4) is 0 Å². The first-order chi connectivity index (χ1) is 10.7. The number of aliphatic hydroxyl groups excluding tert-OH is 1. The molecule has 3 heteroatoms. The van der Waals surface area contributed by atoms with Gasteiger partial charge in [0.1, 0.15) is 0 Å². The Kier molecular flexibility index (Phi) is 15.5. The van der Waals surface area contributed by atoms with Crippen molar-refractivity contribution in [2.24, 2.45) is 0 Å². The van der Waals surface area contributed by atoms with E-state index < -0.39 is 0 Å². The number of nitrogens with one attached hydrogen (secondary N) is 1. The molecule has 0 aliphatic carbocycles. The molecule has 2 N–H and O–H groups in total. The van der Waals surface area contributed by atoms with Gasteiger partial charge in [-0.2, -0.15) is 0 Å². The van der Waals surface area contributed by atoms with Crippen LogP contribution in [0.1, 0.15) is 78.1 Å². The zero-order chi connectivity index (χ0) is 16.5. The smallest absolute Gasteiger partial charge is 0.220 e. The van der Waals surface area contributed by atoms with E-state index in [1.807, 2.05) is 24.3 Å². The van der Waals surface area contributed by atoms with E-state index in [4.69, 9.17) is 0 Å². The van der Waals surface area contributed by atoms with Gasteiger partial charge in [0.05, 0.1) is 6.10 Å². The largest absolute Gasteiger partial charge is 0.389 e. The lowest BCUT2D eigenvalue weighted by molar-refractivity contribution is -0.121. The number of unbranched alkanes of at least 4 members (excludes halogenated alkanes) is 6. The van der Waals surface area contributed by atoms with Crippen LogP contribution in [-0.4, -0.2) is 23.7 Å². The maximum atomic E-state index is 11.6. The van der Waals surface area contributed by atoms with Crippen LogP contribution in [0, 0.1) is 0 Å². The Morgan fingerprint density at radius 1 is 1.00 bits per heavy atom. The minimum Gasteiger partial charge on any atom is -0.389 e. The summed E-state index contributed by atoms with van der Waals surface area (Å²) >= 11 is 0. The van der Waals surface area contributed by atoms with E-state index in [2.05, 4.69) is 19.2 Å². The second kappa shape index (κ2) is 16.3. The predicted octanol–water partition coefficient (Wildman–Crippen LogP) is 4.52. The van der Waals surface area contributed by atoms with Crippen LogP contribution in [0.25, 0.3) is 0 Å². The quantitative estimate of drug-likeness (QED) is 0.366. The molecule has 0 spiro atoms. The molecule has 3 nitrogen and oxygen atoms in total. The lowest BCUT2D eigenvalue weighted by Crippen LogP contribution is -2.22. The van der Waals surface area contributed by atoms with E-state index in [-0.39, 0.29) is 12.0 Å². The van der Waals surface area contributed by atoms with Crippen molar-refractivity contribution in [2.45, 2.75) is 84.2 Å². The van der Waals surface area contributed by atoms with Gasteiger partial charge in [0.15, 0.2) is 0 Å². The van der Waals surface area contributed by atoms with Crippen molar-refractivity contribution in [2.75, 3.05) is 6.54 Å². The molecule has 1 atom stereocenters. The summed E-state index contributed by atoms with van der Waals surface area (Å²) in [6.45, 7) is 4.91. The molecule has 0 aromatic rings. The minimum atomic E-state index is -0.353. The summed E-state index contributed by atoms with van der Waals surface area (Å²) in [5.41, 5.74) is 0. The summed E-state index contributed by atoms with van der Waals surface area (Å²) in [7, 11) is 0. The Balaban J connectivity index is 3.53. The highest BCUT2D eigenvalue weighted by molar-refractivity contribution is 5.75. The van der Waals surface area contributed by atoms with Gasteiger partial charge in [-0.05, 0) is 12.8 Å². The molecule has 0 aliphatic rings. The van der Waals surface area contributed by atoms with Gasteiger partial charge in [-0.3, -0.25) is 4.79 Å². The van der Waals surface area contributed by atoms with Crippen molar-refractivity contribution in [3.8, 4) is 0 Å². The van der Waals surface area contributed by atoms with Crippen LogP contribution >= 0.6 is 0 Å². The topological polar surface area (TPSA) is 49.3 Å². The molecule has 1 amide bonds. The summed E-state index contributed by atoms with van der Waals surface area (Å²) in [6.07, 6.45) is 17.8. The maximum Gasteiger partial charge on any atom is 0.220 e. The normalized spacial score (nSPS) is 13.0. The Hall–Kier alpha value is -1.09. The summed E-state index contributed by atoms with van der Waals surface area (Å²) in [4.78, 5) is 11.6. The van der Waals surface area contributed by atoms with Gasteiger partial charge in [-0.15, -0.1) is 0 Å². The molecule has 0 heterocycles. The van der Waals surface area contributed by atoms with Crippen LogP contribution in [0.15, 0.2) is 24.3 Å². The highest BCUT2D eigenvalue weighted by Gasteiger charge is 1.99. The van der Waals surface area contributed by atoms with E-state index in [1.54, 1.807) is 0 Å².